The van der Waals surface area contributed by atoms with Gasteiger partial charge < -0.3 is 9.80 Å². The summed E-state index contributed by atoms with van der Waals surface area (Å²) in [5.41, 5.74) is 2.44. The largest absolute Gasteiger partial charge is 0.416 e. The van der Waals surface area contributed by atoms with Gasteiger partial charge in [-0.1, -0.05) is 53.6 Å². The number of hydrogen-bond acceptors (Lipinski definition) is 4. The number of hydrogen-bond donors (Lipinski definition) is 0. The van der Waals surface area contributed by atoms with Crippen molar-refractivity contribution in [1.82, 2.24) is 9.21 Å². The van der Waals surface area contributed by atoms with Gasteiger partial charge in [0.25, 0.3) is 0 Å². The summed E-state index contributed by atoms with van der Waals surface area (Å²) in [5.74, 6) is -0.350. The standard InChI is InChI=1S/C28H30F3N3O3S/c1-21-6-10-23(11-7-21)19-34(38(36,37)26-12-8-22(2)9-13-26)20-27(35)33-16-14-32(15-17-33)25-5-3-4-24(18-25)28(29,30)31/h3-13,18H,14-17,19-20H2,1-2H3. The van der Waals surface area contributed by atoms with Crippen LogP contribution in [-0.4, -0.2) is 56.3 Å². The van der Waals surface area contributed by atoms with Crippen molar-refractivity contribution in [1.29, 1.82) is 0 Å². The first kappa shape index (κ1) is 27.7. The van der Waals surface area contributed by atoms with Crippen LogP contribution < -0.4 is 4.90 Å². The Morgan fingerprint density at radius 2 is 1.45 bits per heavy atom. The molecule has 1 amide bonds. The number of benzene rings is 3. The molecule has 0 radical (unpaired) electrons. The van der Waals surface area contributed by atoms with Gasteiger partial charge in [0.2, 0.25) is 15.9 Å². The Hall–Kier alpha value is -3.37. The van der Waals surface area contributed by atoms with Gasteiger partial charge in [-0.05, 0) is 49.7 Å². The van der Waals surface area contributed by atoms with Crippen molar-refractivity contribution < 1.29 is 26.4 Å². The summed E-state index contributed by atoms with van der Waals surface area (Å²) in [6.07, 6.45) is -4.43. The Kier molecular flexibility index (Phi) is 8.13. The molecule has 0 spiro atoms. The molecule has 38 heavy (non-hydrogen) atoms. The number of anilines is 1. The number of piperazine rings is 1. The number of alkyl halides is 3. The minimum absolute atomic E-state index is 0.0342. The molecule has 3 aromatic rings. The summed E-state index contributed by atoms with van der Waals surface area (Å²) in [7, 11) is -3.96. The molecule has 6 nitrogen and oxygen atoms in total. The normalized spacial score (nSPS) is 14.7. The molecule has 1 fully saturated rings. The maximum absolute atomic E-state index is 13.5. The summed E-state index contributed by atoms with van der Waals surface area (Å²) in [4.78, 5) is 16.7. The van der Waals surface area contributed by atoms with Gasteiger partial charge in [0.05, 0.1) is 17.0 Å². The van der Waals surface area contributed by atoms with Crippen molar-refractivity contribution in [3.8, 4) is 0 Å². The number of aryl methyl sites for hydroxylation is 2. The Balaban J connectivity index is 1.48. The summed E-state index contributed by atoms with van der Waals surface area (Å²) in [6.45, 7) is 4.73. The number of amides is 1. The first-order valence-electron chi connectivity index (χ1n) is 12.3. The highest BCUT2D eigenvalue weighted by Gasteiger charge is 2.32. The number of rotatable bonds is 7. The van der Waals surface area contributed by atoms with Crippen LogP contribution in [0, 0.1) is 13.8 Å². The van der Waals surface area contributed by atoms with E-state index in [1.165, 1.54) is 22.5 Å². The predicted molar refractivity (Wildman–Crippen MR) is 140 cm³/mol. The van der Waals surface area contributed by atoms with E-state index in [1.807, 2.05) is 38.1 Å². The van der Waals surface area contributed by atoms with Gasteiger partial charge in [0.1, 0.15) is 0 Å². The average Bonchev–Trinajstić information content (AvgIpc) is 2.89. The first-order chi connectivity index (χ1) is 17.9. The molecule has 1 aliphatic rings. The monoisotopic (exact) mass is 545 g/mol. The third-order valence-corrected chi connectivity index (χ3v) is 8.43. The van der Waals surface area contributed by atoms with E-state index < -0.39 is 21.8 Å². The van der Waals surface area contributed by atoms with Crippen LogP contribution >= 0.6 is 0 Å². The smallest absolute Gasteiger partial charge is 0.368 e. The van der Waals surface area contributed by atoms with Crippen LogP contribution in [-0.2, 0) is 27.5 Å². The molecule has 0 aliphatic carbocycles. The van der Waals surface area contributed by atoms with Crippen LogP contribution in [0.4, 0.5) is 18.9 Å². The van der Waals surface area contributed by atoms with Crippen molar-refractivity contribution in [2.45, 2.75) is 31.5 Å². The van der Waals surface area contributed by atoms with Gasteiger partial charge in [-0.25, -0.2) is 8.42 Å². The van der Waals surface area contributed by atoms with E-state index in [1.54, 1.807) is 28.0 Å². The Morgan fingerprint density at radius 1 is 0.868 bits per heavy atom. The lowest BCUT2D eigenvalue weighted by Gasteiger charge is -2.37. The zero-order valence-electron chi connectivity index (χ0n) is 21.3. The minimum atomic E-state index is -4.43. The van der Waals surface area contributed by atoms with E-state index >= 15 is 0 Å². The first-order valence-corrected chi connectivity index (χ1v) is 13.7. The van der Waals surface area contributed by atoms with Crippen LogP contribution in [0.2, 0.25) is 0 Å². The Labute approximate surface area is 221 Å². The molecule has 0 saturated carbocycles. The molecule has 0 N–H and O–H groups in total. The molecule has 0 atom stereocenters. The van der Waals surface area contributed by atoms with Gasteiger partial charge in [-0.3, -0.25) is 4.79 Å². The van der Waals surface area contributed by atoms with Crippen molar-refractivity contribution in [3.05, 3.63) is 95.1 Å². The third-order valence-electron chi connectivity index (χ3n) is 6.62. The molecule has 4 rings (SSSR count). The van der Waals surface area contributed by atoms with Crippen LogP contribution in [0.3, 0.4) is 0 Å². The van der Waals surface area contributed by atoms with Crippen molar-refractivity contribution in [3.63, 3.8) is 0 Å². The highest BCUT2D eigenvalue weighted by Crippen LogP contribution is 2.32. The van der Waals surface area contributed by atoms with Crippen molar-refractivity contribution in [2.24, 2.45) is 0 Å². The number of carbonyl (C=O) groups is 1. The maximum atomic E-state index is 13.5. The highest BCUT2D eigenvalue weighted by atomic mass is 32.2. The zero-order chi connectivity index (χ0) is 27.5. The molecule has 10 heteroatoms. The molecule has 0 bridgehead atoms. The number of sulfonamides is 1. The summed E-state index contributed by atoms with van der Waals surface area (Å²) in [6, 6.07) is 19.1. The fourth-order valence-corrected chi connectivity index (χ4v) is 5.70. The van der Waals surface area contributed by atoms with Crippen LogP contribution in [0.5, 0.6) is 0 Å². The molecular weight excluding hydrogens is 515 g/mol. The van der Waals surface area contributed by atoms with Crippen LogP contribution in [0.15, 0.2) is 77.7 Å². The second-order valence-corrected chi connectivity index (χ2v) is 11.4. The molecular formula is C28H30F3N3O3S. The van der Waals surface area contributed by atoms with E-state index in [9.17, 15) is 26.4 Å². The van der Waals surface area contributed by atoms with Gasteiger partial charge in [-0.15, -0.1) is 0 Å². The van der Waals surface area contributed by atoms with E-state index in [0.29, 0.717) is 18.8 Å². The molecule has 0 unspecified atom stereocenters. The Morgan fingerprint density at radius 3 is 2.03 bits per heavy atom. The summed E-state index contributed by atoms with van der Waals surface area (Å²) in [5, 5.41) is 0. The lowest BCUT2D eigenvalue weighted by atomic mass is 10.1. The van der Waals surface area contributed by atoms with E-state index in [-0.39, 0.29) is 37.0 Å². The van der Waals surface area contributed by atoms with Gasteiger partial charge in [-0.2, -0.15) is 17.5 Å². The van der Waals surface area contributed by atoms with Crippen LogP contribution in [0.1, 0.15) is 22.3 Å². The topological polar surface area (TPSA) is 60.9 Å². The van der Waals surface area contributed by atoms with Crippen LogP contribution in [0.25, 0.3) is 0 Å². The molecule has 1 heterocycles. The average molecular weight is 546 g/mol. The zero-order valence-corrected chi connectivity index (χ0v) is 22.1. The fourth-order valence-electron chi connectivity index (χ4n) is 4.33. The lowest BCUT2D eigenvalue weighted by Crippen LogP contribution is -2.51. The summed E-state index contributed by atoms with van der Waals surface area (Å²) < 4.78 is 67.6. The molecule has 202 valence electrons. The summed E-state index contributed by atoms with van der Waals surface area (Å²) >= 11 is 0. The SMILES string of the molecule is Cc1ccc(CN(CC(=O)N2CCN(c3cccc(C(F)(F)F)c3)CC2)S(=O)(=O)c2ccc(C)cc2)cc1. The van der Waals surface area contributed by atoms with Gasteiger partial charge in [0.15, 0.2) is 0 Å². The molecule has 3 aromatic carbocycles. The lowest BCUT2D eigenvalue weighted by molar-refractivity contribution is -0.137. The predicted octanol–water partition coefficient (Wildman–Crippen LogP) is 4.86. The molecule has 1 aliphatic heterocycles. The van der Waals surface area contributed by atoms with Crippen molar-refractivity contribution in [2.75, 3.05) is 37.6 Å². The fraction of sp³-hybridized carbons (Fsp3) is 0.321. The van der Waals surface area contributed by atoms with Crippen molar-refractivity contribution >= 4 is 21.6 Å². The van der Waals surface area contributed by atoms with E-state index in [2.05, 4.69) is 0 Å². The van der Waals surface area contributed by atoms with E-state index in [0.717, 1.165) is 28.8 Å². The number of halogens is 3. The van der Waals surface area contributed by atoms with Gasteiger partial charge in [0, 0.05) is 38.4 Å². The maximum Gasteiger partial charge on any atom is 0.416 e. The highest BCUT2D eigenvalue weighted by molar-refractivity contribution is 7.89. The Bertz CT molecular complexity index is 1370. The molecule has 1 saturated heterocycles. The van der Waals surface area contributed by atoms with E-state index in [4.69, 9.17) is 0 Å². The number of nitrogens with zero attached hydrogens (tertiary/aromatic N) is 3. The second-order valence-electron chi connectivity index (χ2n) is 9.49. The second kappa shape index (κ2) is 11.2. The molecule has 0 aromatic heterocycles. The number of carbonyl (C=O) groups excluding carboxylic acids is 1. The quantitative estimate of drug-likeness (QED) is 0.426. The third kappa shape index (κ3) is 6.54. The van der Waals surface area contributed by atoms with Gasteiger partial charge >= 0.3 is 6.18 Å². The minimum Gasteiger partial charge on any atom is -0.368 e.